The van der Waals surface area contributed by atoms with Crippen molar-refractivity contribution in [2.75, 3.05) is 26.9 Å². The second kappa shape index (κ2) is 7.51. The first-order chi connectivity index (χ1) is 9.35. The van der Waals surface area contributed by atoms with Crippen LogP contribution < -0.4 is 10.1 Å². The van der Waals surface area contributed by atoms with Gasteiger partial charge in [0.1, 0.15) is 5.75 Å². The highest BCUT2D eigenvalue weighted by Crippen LogP contribution is 2.32. The average Bonchev–Trinajstić information content (AvgIpc) is 3.25. The van der Waals surface area contributed by atoms with Gasteiger partial charge < -0.3 is 14.8 Å². The molecule has 0 radical (unpaired) electrons. The Kier molecular flexibility index (Phi) is 5.67. The van der Waals surface area contributed by atoms with Gasteiger partial charge in [-0.3, -0.25) is 0 Å². The molecule has 19 heavy (non-hydrogen) atoms. The quantitative estimate of drug-likeness (QED) is 0.694. The van der Waals surface area contributed by atoms with Crippen LogP contribution in [0.3, 0.4) is 0 Å². The zero-order chi connectivity index (χ0) is 13.5. The number of ether oxygens (including phenoxy) is 2. The number of hydrogen-bond acceptors (Lipinski definition) is 3. The molecule has 3 heteroatoms. The summed E-state index contributed by atoms with van der Waals surface area (Å²) in [5.74, 6) is 1.89. The molecule has 0 amide bonds. The van der Waals surface area contributed by atoms with Crippen molar-refractivity contribution in [1.82, 2.24) is 5.32 Å². The lowest BCUT2D eigenvalue weighted by Gasteiger charge is -2.20. The number of hydrogen-bond donors (Lipinski definition) is 1. The Bertz CT molecular complexity index is 377. The summed E-state index contributed by atoms with van der Waals surface area (Å²) in [6.45, 7) is 4.28. The van der Waals surface area contributed by atoms with Crippen LogP contribution in [0.4, 0.5) is 0 Å². The molecule has 0 spiro atoms. The molecule has 106 valence electrons. The number of rotatable bonds is 9. The molecule has 1 aliphatic carbocycles. The van der Waals surface area contributed by atoms with Gasteiger partial charge in [0.2, 0.25) is 0 Å². The van der Waals surface area contributed by atoms with E-state index < -0.39 is 0 Å². The molecule has 0 bridgehead atoms. The Hall–Kier alpha value is -1.06. The molecule has 1 aliphatic rings. The van der Waals surface area contributed by atoms with Gasteiger partial charge in [-0.05, 0) is 32.4 Å². The Morgan fingerprint density at radius 1 is 1.32 bits per heavy atom. The lowest BCUT2D eigenvalue weighted by molar-refractivity contribution is 0.107. The van der Waals surface area contributed by atoms with Gasteiger partial charge in [-0.2, -0.15) is 0 Å². The minimum absolute atomic E-state index is 0.196. The zero-order valence-corrected chi connectivity index (χ0v) is 12.0. The number of benzene rings is 1. The number of nitrogens with one attached hydrogen (secondary N) is 1. The fraction of sp³-hybridized carbons (Fsp3) is 0.625. The Morgan fingerprint density at radius 2 is 2.11 bits per heavy atom. The van der Waals surface area contributed by atoms with Crippen molar-refractivity contribution in [1.29, 1.82) is 0 Å². The van der Waals surface area contributed by atoms with Crippen molar-refractivity contribution in [2.45, 2.75) is 32.2 Å². The maximum atomic E-state index is 5.81. The summed E-state index contributed by atoms with van der Waals surface area (Å²) in [4.78, 5) is 0. The van der Waals surface area contributed by atoms with Gasteiger partial charge in [0.15, 0.2) is 0 Å². The van der Waals surface area contributed by atoms with Gasteiger partial charge in [0.05, 0.1) is 19.3 Å². The fourth-order valence-corrected chi connectivity index (χ4v) is 2.24. The number of likely N-dealkylation sites (N-methyl/N-ethyl adjacent to an activating group) is 1. The first kappa shape index (κ1) is 14.4. The molecule has 1 unspecified atom stereocenters. The third-order valence-corrected chi connectivity index (χ3v) is 3.59. The highest BCUT2D eigenvalue weighted by Gasteiger charge is 2.21. The van der Waals surface area contributed by atoms with Crippen LogP contribution in [0.1, 0.15) is 37.8 Å². The summed E-state index contributed by atoms with van der Waals surface area (Å²) < 4.78 is 11.5. The highest BCUT2D eigenvalue weighted by atomic mass is 16.5. The van der Waals surface area contributed by atoms with E-state index in [9.17, 15) is 0 Å². The standard InChI is InChI=1S/C16H25NO2/c1-3-19-16-7-5-4-6-14(16)15(17-2)12-18-11-10-13-8-9-13/h4-7,13,15,17H,3,8-12H2,1-2H3. The maximum Gasteiger partial charge on any atom is 0.124 e. The second-order valence-electron chi connectivity index (χ2n) is 5.12. The van der Waals surface area contributed by atoms with Crippen LogP contribution in [0.15, 0.2) is 24.3 Å². The highest BCUT2D eigenvalue weighted by molar-refractivity contribution is 5.36. The predicted octanol–water partition coefficient (Wildman–Crippen LogP) is 3.16. The van der Waals surface area contributed by atoms with Crippen molar-refractivity contribution in [3.8, 4) is 5.75 Å². The zero-order valence-electron chi connectivity index (χ0n) is 12.0. The first-order valence-corrected chi connectivity index (χ1v) is 7.31. The van der Waals surface area contributed by atoms with Crippen molar-refractivity contribution in [3.63, 3.8) is 0 Å². The van der Waals surface area contributed by atoms with Gasteiger partial charge in [0, 0.05) is 12.2 Å². The van der Waals surface area contributed by atoms with Crippen LogP contribution in [-0.2, 0) is 4.74 Å². The van der Waals surface area contributed by atoms with Gasteiger partial charge >= 0.3 is 0 Å². The maximum absolute atomic E-state index is 5.81. The van der Waals surface area contributed by atoms with Crippen LogP contribution in [0, 0.1) is 5.92 Å². The predicted molar refractivity (Wildman–Crippen MR) is 77.6 cm³/mol. The smallest absolute Gasteiger partial charge is 0.124 e. The molecule has 1 atom stereocenters. The van der Waals surface area contributed by atoms with E-state index in [1.165, 1.54) is 24.8 Å². The fourth-order valence-electron chi connectivity index (χ4n) is 2.24. The molecule has 1 aromatic carbocycles. The van der Waals surface area contributed by atoms with Crippen molar-refractivity contribution < 1.29 is 9.47 Å². The van der Waals surface area contributed by atoms with Gasteiger partial charge in [-0.15, -0.1) is 0 Å². The monoisotopic (exact) mass is 263 g/mol. The van der Waals surface area contributed by atoms with Gasteiger partial charge in [-0.1, -0.05) is 31.0 Å². The largest absolute Gasteiger partial charge is 0.494 e. The van der Waals surface area contributed by atoms with E-state index in [4.69, 9.17) is 9.47 Å². The van der Waals surface area contributed by atoms with E-state index in [2.05, 4.69) is 11.4 Å². The molecule has 1 N–H and O–H groups in total. The minimum Gasteiger partial charge on any atom is -0.494 e. The van der Waals surface area contributed by atoms with Crippen LogP contribution in [0.25, 0.3) is 0 Å². The Balaban J connectivity index is 1.87. The lowest BCUT2D eigenvalue weighted by atomic mass is 10.1. The molecule has 0 aliphatic heterocycles. The van der Waals surface area contributed by atoms with Crippen molar-refractivity contribution in [3.05, 3.63) is 29.8 Å². The normalized spacial score (nSPS) is 16.3. The van der Waals surface area contributed by atoms with E-state index in [0.29, 0.717) is 13.2 Å². The Morgan fingerprint density at radius 3 is 2.79 bits per heavy atom. The average molecular weight is 263 g/mol. The lowest BCUT2D eigenvalue weighted by Crippen LogP contribution is -2.23. The van der Waals surface area contributed by atoms with Crippen LogP contribution in [0.2, 0.25) is 0 Å². The molecule has 0 aromatic heterocycles. The van der Waals surface area contributed by atoms with E-state index >= 15 is 0 Å². The summed E-state index contributed by atoms with van der Waals surface area (Å²) in [6.07, 6.45) is 4.00. The van der Waals surface area contributed by atoms with Gasteiger partial charge in [-0.25, -0.2) is 0 Å². The minimum atomic E-state index is 0.196. The molecule has 0 saturated heterocycles. The van der Waals surface area contributed by atoms with E-state index in [1.807, 2.05) is 32.2 Å². The summed E-state index contributed by atoms with van der Waals surface area (Å²) in [5.41, 5.74) is 1.18. The van der Waals surface area contributed by atoms with Crippen molar-refractivity contribution >= 4 is 0 Å². The second-order valence-corrected chi connectivity index (χ2v) is 5.12. The molecule has 1 saturated carbocycles. The number of para-hydroxylation sites is 1. The van der Waals surface area contributed by atoms with E-state index in [1.54, 1.807) is 0 Å². The molecule has 3 nitrogen and oxygen atoms in total. The molecular formula is C16H25NO2. The van der Waals surface area contributed by atoms with Crippen molar-refractivity contribution in [2.24, 2.45) is 5.92 Å². The van der Waals surface area contributed by atoms with Crippen LogP contribution in [-0.4, -0.2) is 26.9 Å². The summed E-state index contributed by atoms with van der Waals surface area (Å²) in [6, 6.07) is 8.38. The van der Waals surface area contributed by atoms with Crippen LogP contribution in [0.5, 0.6) is 5.75 Å². The molecule has 0 heterocycles. The Labute approximate surface area is 116 Å². The summed E-state index contributed by atoms with van der Waals surface area (Å²) >= 11 is 0. The summed E-state index contributed by atoms with van der Waals surface area (Å²) in [5, 5.41) is 3.32. The molecule has 1 aromatic rings. The van der Waals surface area contributed by atoms with Crippen LogP contribution >= 0.6 is 0 Å². The molecule has 2 rings (SSSR count). The van der Waals surface area contributed by atoms with Gasteiger partial charge in [0.25, 0.3) is 0 Å². The molecule has 1 fully saturated rings. The van der Waals surface area contributed by atoms with E-state index in [-0.39, 0.29) is 6.04 Å². The van der Waals surface area contributed by atoms with E-state index in [0.717, 1.165) is 18.3 Å². The topological polar surface area (TPSA) is 30.5 Å². The first-order valence-electron chi connectivity index (χ1n) is 7.31. The summed E-state index contributed by atoms with van der Waals surface area (Å²) in [7, 11) is 1.97. The third-order valence-electron chi connectivity index (χ3n) is 3.59. The molecular weight excluding hydrogens is 238 g/mol. The third kappa shape index (κ3) is 4.51. The SMILES string of the molecule is CCOc1ccccc1C(COCCC1CC1)NC.